The van der Waals surface area contributed by atoms with Crippen LogP contribution in [0.25, 0.3) is 0 Å². The number of aryl methyl sites for hydroxylation is 1. The van der Waals surface area contributed by atoms with Crippen molar-refractivity contribution in [3.63, 3.8) is 0 Å². The lowest BCUT2D eigenvalue weighted by Gasteiger charge is -2.35. The second kappa shape index (κ2) is 9.18. The summed E-state index contributed by atoms with van der Waals surface area (Å²) in [5.74, 6) is -2.41. The molecule has 2 aromatic carbocycles. The van der Waals surface area contributed by atoms with Crippen molar-refractivity contribution in [1.82, 2.24) is 9.55 Å². The number of carbonyl (C=O) groups excluding carboxylic acids is 2. The van der Waals surface area contributed by atoms with Gasteiger partial charge in [-0.15, -0.1) is 0 Å². The number of carbonyl (C=O) groups is 3. The van der Waals surface area contributed by atoms with Gasteiger partial charge in [0, 0.05) is 7.05 Å². The van der Waals surface area contributed by atoms with E-state index in [0.29, 0.717) is 18.5 Å². The Hall–Kier alpha value is -4.47. The second-order valence-electron chi connectivity index (χ2n) is 7.59. The van der Waals surface area contributed by atoms with Gasteiger partial charge < -0.3 is 14.6 Å². The van der Waals surface area contributed by atoms with Gasteiger partial charge in [-0.05, 0) is 36.6 Å². The van der Waals surface area contributed by atoms with Crippen molar-refractivity contribution in [2.45, 2.75) is 18.9 Å². The second-order valence-corrected chi connectivity index (χ2v) is 7.59. The van der Waals surface area contributed by atoms with Crippen molar-refractivity contribution >= 4 is 23.7 Å². The Morgan fingerprint density at radius 1 is 1.03 bits per heavy atom. The number of anilines is 1. The predicted octanol–water partition coefficient (Wildman–Crippen LogP) is 2.96. The van der Waals surface area contributed by atoms with Crippen LogP contribution in [-0.4, -0.2) is 39.8 Å². The topological polar surface area (TPSA) is 128 Å². The van der Waals surface area contributed by atoms with Crippen LogP contribution < -0.4 is 15.2 Å². The maximum absolute atomic E-state index is 13.2. The number of aromatic nitrogens is 2. The molecular formula is C24H21N3O7. The summed E-state index contributed by atoms with van der Waals surface area (Å²) >= 11 is 0. The summed E-state index contributed by atoms with van der Waals surface area (Å²) in [6.07, 6.45) is -0.364. The quantitative estimate of drug-likeness (QED) is 0.585. The zero-order chi connectivity index (χ0) is 24.4. The predicted molar refractivity (Wildman–Crippen MR) is 120 cm³/mol. The molecule has 10 heteroatoms. The molecule has 34 heavy (non-hydrogen) atoms. The molecule has 1 unspecified atom stereocenters. The fourth-order valence-corrected chi connectivity index (χ4v) is 3.98. The minimum absolute atomic E-state index is 0.0295. The number of methoxy groups -OCH3 is 1. The zero-order valence-corrected chi connectivity index (χ0v) is 18.4. The van der Waals surface area contributed by atoms with Crippen molar-refractivity contribution < 1.29 is 29.0 Å². The molecule has 1 aromatic heterocycles. The summed E-state index contributed by atoms with van der Waals surface area (Å²) in [5, 5.41) is 9.95. The van der Waals surface area contributed by atoms with E-state index in [9.17, 15) is 24.3 Å². The van der Waals surface area contributed by atoms with Gasteiger partial charge in [0.25, 0.3) is 5.56 Å². The molecule has 0 aliphatic carbocycles. The van der Waals surface area contributed by atoms with Crippen LogP contribution in [0.3, 0.4) is 0 Å². The minimum atomic E-state index is -1.23. The highest BCUT2D eigenvalue weighted by Gasteiger charge is 2.36. The van der Waals surface area contributed by atoms with Gasteiger partial charge in [-0.3, -0.25) is 14.3 Å². The molecule has 1 aliphatic rings. The first kappa shape index (κ1) is 22.7. The first-order valence-electron chi connectivity index (χ1n) is 10.4. The summed E-state index contributed by atoms with van der Waals surface area (Å²) in [7, 11) is 2.48. The number of rotatable bonds is 4. The Morgan fingerprint density at radius 2 is 1.71 bits per heavy atom. The Labute approximate surface area is 194 Å². The van der Waals surface area contributed by atoms with Crippen molar-refractivity contribution in [2.24, 2.45) is 7.05 Å². The van der Waals surface area contributed by atoms with E-state index < -0.39 is 41.1 Å². The molecule has 0 saturated heterocycles. The third-order valence-corrected chi connectivity index (χ3v) is 5.62. The molecule has 4 rings (SSSR count). The molecule has 0 saturated carbocycles. The number of para-hydroxylation sites is 1. The fraction of sp³-hybridized carbons (Fsp3) is 0.208. The Kier molecular flexibility index (Phi) is 6.13. The SMILES string of the molecule is COC(=O)c1nc(C2CCc3ccccc3N2C(=O)O)n(C)c(=O)c1OC(=O)c1ccccc1. The van der Waals surface area contributed by atoms with Crippen molar-refractivity contribution in [3.05, 3.63) is 87.6 Å². The van der Waals surface area contributed by atoms with Gasteiger partial charge in [-0.2, -0.15) is 0 Å². The molecular weight excluding hydrogens is 442 g/mol. The number of nitrogens with zero attached hydrogens (tertiary/aromatic N) is 3. The molecule has 1 N–H and O–H groups in total. The number of fused-ring (bicyclic) bond motifs is 1. The van der Waals surface area contributed by atoms with Crippen molar-refractivity contribution in [1.29, 1.82) is 0 Å². The molecule has 0 spiro atoms. The molecule has 0 fully saturated rings. The van der Waals surface area contributed by atoms with Crippen LogP contribution in [0, 0.1) is 0 Å². The fourth-order valence-electron chi connectivity index (χ4n) is 3.98. The van der Waals surface area contributed by atoms with E-state index in [1.165, 1.54) is 19.2 Å². The Bertz CT molecular complexity index is 1330. The minimum Gasteiger partial charge on any atom is -0.465 e. The summed E-state index contributed by atoms with van der Waals surface area (Å²) in [6, 6.07) is 14.1. The van der Waals surface area contributed by atoms with Gasteiger partial charge in [-0.1, -0.05) is 36.4 Å². The number of carboxylic acid groups (broad SMARTS) is 1. The number of hydrogen-bond acceptors (Lipinski definition) is 7. The number of amides is 1. The largest absolute Gasteiger partial charge is 0.465 e. The first-order chi connectivity index (χ1) is 16.3. The summed E-state index contributed by atoms with van der Waals surface area (Å²) in [5.41, 5.74) is 0.158. The summed E-state index contributed by atoms with van der Waals surface area (Å²) < 4.78 is 11.1. The van der Waals surface area contributed by atoms with E-state index in [0.717, 1.165) is 22.1 Å². The summed E-state index contributed by atoms with van der Waals surface area (Å²) in [6.45, 7) is 0. The number of esters is 2. The van der Waals surface area contributed by atoms with Crippen LogP contribution in [0.2, 0.25) is 0 Å². The van der Waals surface area contributed by atoms with E-state index in [4.69, 9.17) is 9.47 Å². The van der Waals surface area contributed by atoms with E-state index in [1.807, 2.05) is 12.1 Å². The molecule has 1 aliphatic heterocycles. The Balaban J connectivity index is 1.83. The number of hydrogen-bond donors (Lipinski definition) is 1. The number of ether oxygens (including phenoxy) is 2. The first-order valence-corrected chi connectivity index (χ1v) is 10.4. The van der Waals surface area contributed by atoms with Crippen LogP contribution in [0.4, 0.5) is 10.5 Å². The average molecular weight is 463 g/mol. The molecule has 174 valence electrons. The lowest BCUT2D eigenvalue weighted by molar-refractivity contribution is 0.0583. The molecule has 3 aromatic rings. The highest BCUT2D eigenvalue weighted by atomic mass is 16.5. The maximum Gasteiger partial charge on any atom is 0.412 e. The summed E-state index contributed by atoms with van der Waals surface area (Å²) in [4.78, 5) is 55.9. The third kappa shape index (κ3) is 4.01. The maximum atomic E-state index is 13.2. The molecule has 0 radical (unpaired) electrons. The van der Waals surface area contributed by atoms with Crippen LogP contribution in [0.5, 0.6) is 5.75 Å². The third-order valence-electron chi connectivity index (χ3n) is 5.62. The standard InChI is InChI=1S/C24H21N3O7/c1-26-20(17-13-12-14-8-6-7-11-16(14)27(17)24(31)32)25-18(23(30)33-2)19(21(26)28)34-22(29)15-9-4-3-5-10-15/h3-11,17H,12-13H2,1-2H3,(H,31,32). The van der Waals surface area contributed by atoms with E-state index >= 15 is 0 Å². The van der Waals surface area contributed by atoms with E-state index in [-0.39, 0.29) is 11.4 Å². The van der Waals surface area contributed by atoms with Gasteiger partial charge in [0.15, 0.2) is 5.69 Å². The molecule has 1 amide bonds. The van der Waals surface area contributed by atoms with Crippen LogP contribution in [0.15, 0.2) is 59.4 Å². The van der Waals surface area contributed by atoms with Crippen LogP contribution >= 0.6 is 0 Å². The van der Waals surface area contributed by atoms with Crippen molar-refractivity contribution in [2.75, 3.05) is 12.0 Å². The van der Waals surface area contributed by atoms with Crippen LogP contribution in [-0.2, 0) is 18.2 Å². The van der Waals surface area contributed by atoms with Gasteiger partial charge >= 0.3 is 18.0 Å². The van der Waals surface area contributed by atoms with Gasteiger partial charge in [0.05, 0.1) is 24.4 Å². The monoisotopic (exact) mass is 463 g/mol. The molecule has 0 bridgehead atoms. The normalized spacial score (nSPS) is 14.8. The Morgan fingerprint density at radius 3 is 2.38 bits per heavy atom. The molecule has 1 atom stereocenters. The van der Waals surface area contributed by atoms with E-state index in [1.54, 1.807) is 30.3 Å². The average Bonchev–Trinajstić information content (AvgIpc) is 2.86. The molecule has 2 heterocycles. The molecule has 10 nitrogen and oxygen atoms in total. The van der Waals surface area contributed by atoms with Crippen LogP contribution in [0.1, 0.15) is 44.7 Å². The number of benzene rings is 2. The van der Waals surface area contributed by atoms with Gasteiger partial charge in [0.1, 0.15) is 5.82 Å². The van der Waals surface area contributed by atoms with Crippen molar-refractivity contribution in [3.8, 4) is 5.75 Å². The highest BCUT2D eigenvalue weighted by Crippen LogP contribution is 2.38. The smallest absolute Gasteiger partial charge is 0.412 e. The van der Waals surface area contributed by atoms with E-state index in [2.05, 4.69) is 4.98 Å². The zero-order valence-electron chi connectivity index (χ0n) is 18.4. The lowest BCUT2D eigenvalue weighted by atomic mass is 9.95. The van der Waals surface area contributed by atoms with Gasteiger partial charge in [-0.25, -0.2) is 19.4 Å². The lowest BCUT2D eigenvalue weighted by Crippen LogP contribution is -2.41. The van der Waals surface area contributed by atoms with Gasteiger partial charge in [0.2, 0.25) is 5.75 Å². The highest BCUT2D eigenvalue weighted by molar-refractivity contribution is 5.95.